The molecule has 0 aliphatic carbocycles. The lowest BCUT2D eigenvalue weighted by atomic mass is 10.1. The molecule has 1 aliphatic rings. The van der Waals surface area contributed by atoms with Crippen molar-refractivity contribution in [3.63, 3.8) is 0 Å². The number of thioether (sulfide) groups is 1. The zero-order valence-electron chi connectivity index (χ0n) is 18.1. The van der Waals surface area contributed by atoms with Gasteiger partial charge in [-0.25, -0.2) is 18.4 Å². The highest BCUT2D eigenvalue weighted by molar-refractivity contribution is 8.00. The van der Waals surface area contributed by atoms with Crippen LogP contribution in [0.25, 0.3) is 20.4 Å². The van der Waals surface area contributed by atoms with Crippen molar-refractivity contribution in [1.82, 2.24) is 14.3 Å². The Labute approximate surface area is 204 Å². The zero-order valence-corrected chi connectivity index (χ0v) is 21.3. The molecule has 5 rings (SSSR count). The largest absolute Gasteiger partial charge is 0.298 e. The van der Waals surface area contributed by atoms with Crippen molar-refractivity contribution < 1.29 is 13.2 Å². The van der Waals surface area contributed by atoms with E-state index in [4.69, 9.17) is 0 Å². The maximum Gasteiger partial charge on any atom is 0.257 e. The molecular weight excluding hydrogens is 497 g/mol. The van der Waals surface area contributed by atoms with Crippen molar-refractivity contribution in [3.8, 4) is 0 Å². The van der Waals surface area contributed by atoms with Gasteiger partial charge in [-0.2, -0.15) is 4.31 Å². The molecule has 1 amide bonds. The molecule has 1 aliphatic heterocycles. The summed E-state index contributed by atoms with van der Waals surface area (Å²) in [6.07, 6.45) is 4.79. The molecule has 33 heavy (non-hydrogen) atoms. The Hall–Kier alpha value is -2.05. The Kier molecular flexibility index (Phi) is 6.17. The summed E-state index contributed by atoms with van der Waals surface area (Å²) >= 11 is 4.64. The minimum Gasteiger partial charge on any atom is -0.298 e. The number of benzene rings is 2. The highest BCUT2D eigenvalue weighted by Crippen LogP contribution is 2.38. The third-order valence-electron chi connectivity index (χ3n) is 5.75. The van der Waals surface area contributed by atoms with Crippen LogP contribution in [0.4, 0.5) is 5.13 Å². The van der Waals surface area contributed by atoms with Crippen LogP contribution in [0, 0.1) is 0 Å². The first-order chi connectivity index (χ1) is 15.9. The van der Waals surface area contributed by atoms with Gasteiger partial charge in [0.1, 0.15) is 0 Å². The monoisotopic (exact) mass is 518 g/mol. The summed E-state index contributed by atoms with van der Waals surface area (Å²) in [5.74, 6) is -0.324. The molecule has 0 saturated carbocycles. The fraction of sp³-hybridized carbons (Fsp3) is 0.318. The van der Waals surface area contributed by atoms with Crippen LogP contribution >= 0.6 is 34.4 Å². The van der Waals surface area contributed by atoms with E-state index in [9.17, 15) is 13.2 Å². The van der Waals surface area contributed by atoms with E-state index in [1.54, 1.807) is 39.5 Å². The van der Waals surface area contributed by atoms with E-state index in [0.717, 1.165) is 44.0 Å². The minimum atomic E-state index is -3.57. The second kappa shape index (κ2) is 8.95. The van der Waals surface area contributed by atoms with Gasteiger partial charge in [0.25, 0.3) is 5.91 Å². The molecule has 2 aromatic heterocycles. The standard InChI is InChI=1S/C22H22N4O3S4/c1-13-5-3-4-12-26(13)33(28,29)15-8-6-14(7-9-15)20(27)25-21-23-16-10-11-17-19(18(16)31-21)32-22(24-17)30-2/h6-11,13H,3-5,12H2,1-2H3,(H,23,25,27)/t13-/m0/s1. The molecule has 1 fully saturated rings. The van der Waals surface area contributed by atoms with Gasteiger partial charge in [-0.05, 0) is 62.4 Å². The first kappa shape index (κ1) is 22.7. The van der Waals surface area contributed by atoms with Crippen LogP contribution in [0.2, 0.25) is 0 Å². The van der Waals surface area contributed by atoms with E-state index < -0.39 is 10.0 Å². The Balaban J connectivity index is 1.36. The third kappa shape index (κ3) is 4.28. The van der Waals surface area contributed by atoms with Crippen molar-refractivity contribution in [2.75, 3.05) is 18.1 Å². The Morgan fingerprint density at radius 1 is 1.06 bits per heavy atom. The highest BCUT2D eigenvalue weighted by Gasteiger charge is 2.31. The number of sulfonamides is 1. The molecule has 11 heteroatoms. The summed E-state index contributed by atoms with van der Waals surface area (Å²) in [5, 5.41) is 3.35. The Morgan fingerprint density at radius 3 is 2.45 bits per heavy atom. The number of amides is 1. The van der Waals surface area contributed by atoms with Crippen LogP contribution in [-0.2, 0) is 10.0 Å². The molecule has 7 nitrogen and oxygen atoms in total. The fourth-order valence-corrected chi connectivity index (χ4v) is 8.36. The Morgan fingerprint density at radius 2 is 1.76 bits per heavy atom. The number of anilines is 1. The number of rotatable bonds is 5. The summed E-state index contributed by atoms with van der Waals surface area (Å²) in [6, 6.07) is 9.97. The second-order valence-electron chi connectivity index (χ2n) is 7.90. The number of carbonyl (C=O) groups excluding carboxylic acids is 1. The van der Waals surface area contributed by atoms with Crippen molar-refractivity contribution in [2.45, 2.75) is 41.5 Å². The quantitative estimate of drug-likeness (QED) is 0.354. The average molecular weight is 519 g/mol. The van der Waals surface area contributed by atoms with Gasteiger partial charge in [-0.1, -0.05) is 29.5 Å². The molecule has 172 valence electrons. The van der Waals surface area contributed by atoms with Gasteiger partial charge in [-0.15, -0.1) is 11.3 Å². The minimum absolute atomic E-state index is 0.0113. The van der Waals surface area contributed by atoms with Gasteiger partial charge in [0.2, 0.25) is 10.0 Å². The van der Waals surface area contributed by atoms with Crippen molar-refractivity contribution in [3.05, 3.63) is 42.0 Å². The summed E-state index contributed by atoms with van der Waals surface area (Å²) in [7, 11) is -3.57. The van der Waals surface area contributed by atoms with Gasteiger partial charge in [-0.3, -0.25) is 10.1 Å². The Bertz CT molecular complexity index is 1440. The lowest BCUT2D eigenvalue weighted by Crippen LogP contribution is -2.41. The van der Waals surface area contributed by atoms with E-state index in [1.807, 2.05) is 25.3 Å². The van der Waals surface area contributed by atoms with Crippen molar-refractivity contribution >= 4 is 75.9 Å². The van der Waals surface area contributed by atoms with Crippen LogP contribution in [-0.4, -0.2) is 47.4 Å². The number of thiazole rings is 2. The summed E-state index contributed by atoms with van der Waals surface area (Å²) in [4.78, 5) is 22.1. The molecule has 4 aromatic rings. The topological polar surface area (TPSA) is 92.3 Å². The predicted octanol–water partition coefficient (Wildman–Crippen LogP) is 5.44. The molecule has 1 atom stereocenters. The summed E-state index contributed by atoms with van der Waals surface area (Å²) in [6.45, 7) is 2.48. The molecule has 0 radical (unpaired) electrons. The molecule has 1 N–H and O–H groups in total. The van der Waals surface area contributed by atoms with Crippen LogP contribution in [0.1, 0.15) is 36.5 Å². The molecule has 0 spiro atoms. The van der Waals surface area contributed by atoms with E-state index >= 15 is 0 Å². The number of nitrogens with zero attached hydrogens (tertiary/aromatic N) is 3. The maximum absolute atomic E-state index is 13.0. The van der Waals surface area contributed by atoms with Crippen molar-refractivity contribution in [1.29, 1.82) is 0 Å². The van der Waals surface area contributed by atoms with Crippen LogP contribution in [0.3, 0.4) is 0 Å². The first-order valence-electron chi connectivity index (χ1n) is 10.5. The first-order valence-corrected chi connectivity index (χ1v) is 14.8. The van der Waals surface area contributed by atoms with Gasteiger partial charge >= 0.3 is 0 Å². The normalized spacial score (nSPS) is 17.6. The molecule has 0 unspecified atom stereocenters. The number of hydrogen-bond acceptors (Lipinski definition) is 8. The zero-order chi connectivity index (χ0) is 23.2. The molecule has 2 aromatic carbocycles. The molecule has 0 bridgehead atoms. The predicted molar refractivity (Wildman–Crippen MR) is 136 cm³/mol. The maximum atomic E-state index is 13.0. The number of fused-ring (bicyclic) bond motifs is 3. The van der Waals surface area contributed by atoms with Gasteiger partial charge in [0.15, 0.2) is 9.47 Å². The van der Waals surface area contributed by atoms with Gasteiger partial charge in [0.05, 0.1) is 25.3 Å². The summed E-state index contributed by atoms with van der Waals surface area (Å²) in [5.41, 5.74) is 2.13. The van der Waals surface area contributed by atoms with Crippen LogP contribution in [0.15, 0.2) is 45.6 Å². The number of nitrogens with one attached hydrogen (secondary N) is 1. The molecule has 1 saturated heterocycles. The molecule has 3 heterocycles. The lowest BCUT2D eigenvalue weighted by molar-refractivity contribution is 0.102. The molecular formula is C22H22N4O3S4. The van der Waals surface area contributed by atoms with Gasteiger partial charge < -0.3 is 0 Å². The lowest BCUT2D eigenvalue weighted by Gasteiger charge is -2.32. The SMILES string of the molecule is CSc1nc2ccc3nc(NC(=O)c4ccc(S(=O)(=O)N5CCCC[C@@H]5C)cc4)sc3c2s1. The number of hydrogen-bond donors (Lipinski definition) is 1. The van der Waals surface area contributed by atoms with E-state index in [0.29, 0.717) is 17.2 Å². The fourth-order valence-electron chi connectivity index (χ4n) is 4.01. The second-order valence-corrected chi connectivity index (χ2v) is 12.8. The van der Waals surface area contributed by atoms with Gasteiger partial charge in [0, 0.05) is 18.2 Å². The number of carbonyl (C=O) groups is 1. The summed E-state index contributed by atoms with van der Waals surface area (Å²) < 4.78 is 30.6. The van der Waals surface area contributed by atoms with Crippen molar-refractivity contribution in [2.24, 2.45) is 0 Å². The third-order valence-corrected chi connectivity index (χ3v) is 11.0. The number of aromatic nitrogens is 2. The van der Waals surface area contributed by atoms with E-state index in [2.05, 4.69) is 15.3 Å². The average Bonchev–Trinajstić information content (AvgIpc) is 3.42. The smallest absolute Gasteiger partial charge is 0.257 e. The van der Waals surface area contributed by atoms with E-state index in [-0.39, 0.29) is 16.8 Å². The van der Waals surface area contributed by atoms with Crippen LogP contribution in [0.5, 0.6) is 0 Å². The van der Waals surface area contributed by atoms with E-state index in [1.165, 1.54) is 23.5 Å². The highest BCUT2D eigenvalue weighted by atomic mass is 32.2. The van der Waals surface area contributed by atoms with Crippen LogP contribution < -0.4 is 5.32 Å². The number of piperidine rings is 1.